The van der Waals surface area contributed by atoms with Gasteiger partial charge in [0.25, 0.3) is 0 Å². The lowest BCUT2D eigenvalue weighted by Crippen LogP contribution is -2.42. The number of nitrogens with zero attached hydrogens (tertiary/aromatic N) is 2. The molecule has 1 fully saturated rings. The van der Waals surface area contributed by atoms with E-state index >= 15 is 0 Å². The van der Waals surface area contributed by atoms with Gasteiger partial charge in [0.05, 0.1) is 16.5 Å². The molecule has 1 aromatic rings. The van der Waals surface area contributed by atoms with Crippen LogP contribution in [0.25, 0.3) is 0 Å². The van der Waals surface area contributed by atoms with Crippen molar-refractivity contribution in [2.24, 2.45) is 0 Å². The Hall–Kier alpha value is -1.42. The lowest BCUT2D eigenvalue weighted by molar-refractivity contribution is 0.255. The number of rotatable bonds is 4. The highest BCUT2D eigenvalue weighted by Crippen LogP contribution is 2.26. The Kier molecular flexibility index (Phi) is 4.99. The van der Waals surface area contributed by atoms with Gasteiger partial charge in [-0.2, -0.15) is 9.57 Å². The molecule has 114 valence electrons. The van der Waals surface area contributed by atoms with Crippen LogP contribution in [-0.4, -0.2) is 38.9 Å². The summed E-state index contributed by atoms with van der Waals surface area (Å²) in [5.41, 5.74) is 0.364. The highest BCUT2D eigenvalue weighted by molar-refractivity contribution is 7.89. The van der Waals surface area contributed by atoms with Crippen LogP contribution in [-0.2, 0) is 10.0 Å². The molecular weight excluding hydrogens is 286 g/mol. The monoisotopic (exact) mass is 307 g/mol. The second kappa shape index (κ2) is 6.56. The van der Waals surface area contributed by atoms with E-state index in [2.05, 4.69) is 5.32 Å². The SMILES string of the molecule is CNC1CCC(N(C)S(=O)(=O)c2cccc(C#N)c2)CC1. The molecule has 21 heavy (non-hydrogen) atoms. The van der Waals surface area contributed by atoms with E-state index in [0.717, 1.165) is 25.7 Å². The molecule has 1 N–H and O–H groups in total. The molecule has 0 aliphatic heterocycles. The quantitative estimate of drug-likeness (QED) is 0.919. The van der Waals surface area contributed by atoms with Crippen LogP contribution in [0.1, 0.15) is 31.2 Å². The Labute approximate surface area is 126 Å². The maximum absolute atomic E-state index is 12.7. The zero-order valence-electron chi connectivity index (χ0n) is 12.4. The summed E-state index contributed by atoms with van der Waals surface area (Å²) in [6.45, 7) is 0. The summed E-state index contributed by atoms with van der Waals surface area (Å²) in [5.74, 6) is 0. The number of hydrogen-bond acceptors (Lipinski definition) is 4. The first-order valence-electron chi connectivity index (χ1n) is 7.14. The van der Waals surface area contributed by atoms with Crippen LogP contribution in [0.5, 0.6) is 0 Å². The third-order valence-corrected chi connectivity index (χ3v) is 6.17. The van der Waals surface area contributed by atoms with Crippen molar-refractivity contribution < 1.29 is 8.42 Å². The minimum absolute atomic E-state index is 0.0327. The van der Waals surface area contributed by atoms with E-state index in [4.69, 9.17) is 5.26 Å². The van der Waals surface area contributed by atoms with Crippen molar-refractivity contribution in [2.75, 3.05) is 14.1 Å². The highest BCUT2D eigenvalue weighted by Gasteiger charge is 2.31. The Bertz CT molecular complexity index is 629. The van der Waals surface area contributed by atoms with Crippen molar-refractivity contribution in [1.29, 1.82) is 5.26 Å². The van der Waals surface area contributed by atoms with Gasteiger partial charge < -0.3 is 5.32 Å². The van der Waals surface area contributed by atoms with Gasteiger partial charge in [-0.25, -0.2) is 8.42 Å². The molecule has 0 unspecified atom stereocenters. The molecular formula is C15H21N3O2S. The van der Waals surface area contributed by atoms with E-state index in [0.29, 0.717) is 11.6 Å². The normalized spacial score (nSPS) is 23.0. The van der Waals surface area contributed by atoms with Crippen LogP contribution < -0.4 is 5.32 Å². The zero-order chi connectivity index (χ0) is 15.5. The van der Waals surface area contributed by atoms with Gasteiger partial charge in [-0.05, 0) is 50.9 Å². The summed E-state index contributed by atoms with van der Waals surface area (Å²) < 4.78 is 26.8. The zero-order valence-corrected chi connectivity index (χ0v) is 13.2. The Balaban J connectivity index is 2.17. The van der Waals surface area contributed by atoms with Crippen molar-refractivity contribution in [3.8, 4) is 6.07 Å². The lowest BCUT2D eigenvalue weighted by Gasteiger charge is -2.33. The molecule has 0 saturated heterocycles. The van der Waals surface area contributed by atoms with Crippen LogP contribution in [0, 0.1) is 11.3 Å². The molecule has 0 bridgehead atoms. The first kappa shape index (κ1) is 16.0. The average molecular weight is 307 g/mol. The smallest absolute Gasteiger partial charge is 0.243 e. The van der Waals surface area contributed by atoms with Crippen LogP contribution in [0.15, 0.2) is 29.2 Å². The number of hydrogen-bond donors (Lipinski definition) is 1. The molecule has 2 rings (SSSR count). The van der Waals surface area contributed by atoms with E-state index in [1.54, 1.807) is 25.2 Å². The molecule has 1 aliphatic carbocycles. The maximum Gasteiger partial charge on any atom is 0.243 e. The van der Waals surface area contributed by atoms with E-state index in [9.17, 15) is 8.42 Å². The summed E-state index contributed by atoms with van der Waals surface area (Å²) >= 11 is 0. The van der Waals surface area contributed by atoms with Crippen LogP contribution in [0.2, 0.25) is 0 Å². The van der Waals surface area contributed by atoms with E-state index in [1.807, 2.05) is 13.1 Å². The first-order valence-corrected chi connectivity index (χ1v) is 8.58. The van der Waals surface area contributed by atoms with Crippen molar-refractivity contribution in [3.63, 3.8) is 0 Å². The average Bonchev–Trinajstić information content (AvgIpc) is 2.54. The van der Waals surface area contributed by atoms with Crippen LogP contribution in [0.4, 0.5) is 0 Å². The molecule has 1 aliphatic rings. The second-order valence-electron chi connectivity index (χ2n) is 5.46. The van der Waals surface area contributed by atoms with Crippen molar-refractivity contribution >= 4 is 10.0 Å². The maximum atomic E-state index is 12.7. The molecule has 1 saturated carbocycles. The third kappa shape index (κ3) is 3.43. The molecule has 0 radical (unpaired) electrons. The third-order valence-electron chi connectivity index (χ3n) is 4.26. The number of nitriles is 1. The summed E-state index contributed by atoms with van der Waals surface area (Å²) in [5, 5.41) is 12.2. The molecule has 0 aromatic heterocycles. The number of sulfonamides is 1. The number of benzene rings is 1. The van der Waals surface area contributed by atoms with E-state index < -0.39 is 10.0 Å². The molecule has 0 spiro atoms. The number of nitrogens with one attached hydrogen (secondary N) is 1. The Morgan fingerprint density at radius 3 is 2.52 bits per heavy atom. The minimum atomic E-state index is -3.53. The topological polar surface area (TPSA) is 73.2 Å². The van der Waals surface area contributed by atoms with E-state index in [-0.39, 0.29) is 10.9 Å². The molecule has 1 aromatic carbocycles. The van der Waals surface area contributed by atoms with Crippen molar-refractivity contribution in [1.82, 2.24) is 9.62 Å². The predicted molar refractivity (Wildman–Crippen MR) is 81.2 cm³/mol. The molecule has 0 atom stereocenters. The van der Waals surface area contributed by atoms with Gasteiger partial charge in [-0.3, -0.25) is 0 Å². The van der Waals surface area contributed by atoms with Gasteiger partial charge >= 0.3 is 0 Å². The van der Waals surface area contributed by atoms with Crippen LogP contribution >= 0.6 is 0 Å². The summed E-state index contributed by atoms with van der Waals surface area (Å²) in [6, 6.07) is 8.70. The van der Waals surface area contributed by atoms with Crippen LogP contribution in [0.3, 0.4) is 0 Å². The molecule has 6 heteroatoms. The van der Waals surface area contributed by atoms with Crippen molar-refractivity contribution in [2.45, 2.75) is 42.7 Å². The van der Waals surface area contributed by atoms with E-state index in [1.165, 1.54) is 10.4 Å². The largest absolute Gasteiger partial charge is 0.317 e. The van der Waals surface area contributed by atoms with Gasteiger partial charge in [0.2, 0.25) is 10.0 Å². The van der Waals surface area contributed by atoms with Gasteiger partial charge in [-0.1, -0.05) is 6.07 Å². The van der Waals surface area contributed by atoms with Gasteiger partial charge in [-0.15, -0.1) is 0 Å². The fraction of sp³-hybridized carbons (Fsp3) is 0.533. The lowest BCUT2D eigenvalue weighted by atomic mass is 9.91. The molecule has 0 heterocycles. The first-order chi connectivity index (χ1) is 9.98. The predicted octanol–water partition coefficient (Wildman–Crippen LogP) is 1.71. The van der Waals surface area contributed by atoms with Crippen molar-refractivity contribution in [3.05, 3.63) is 29.8 Å². The second-order valence-corrected chi connectivity index (χ2v) is 7.45. The summed E-state index contributed by atoms with van der Waals surface area (Å²) in [6.07, 6.45) is 3.69. The Morgan fingerprint density at radius 1 is 1.29 bits per heavy atom. The van der Waals surface area contributed by atoms with Gasteiger partial charge in [0.15, 0.2) is 0 Å². The standard InChI is InChI=1S/C15H21N3O2S/c1-17-13-6-8-14(9-7-13)18(2)21(19,20)15-5-3-4-12(10-15)11-16/h3-5,10,13-14,17H,6-9H2,1-2H3. The molecule has 5 nitrogen and oxygen atoms in total. The fourth-order valence-corrected chi connectivity index (χ4v) is 4.28. The molecule has 0 amide bonds. The van der Waals surface area contributed by atoms with Gasteiger partial charge in [0, 0.05) is 19.1 Å². The Morgan fingerprint density at radius 2 is 1.95 bits per heavy atom. The fourth-order valence-electron chi connectivity index (χ4n) is 2.82. The summed E-state index contributed by atoms with van der Waals surface area (Å²) in [7, 11) is 0.0473. The summed E-state index contributed by atoms with van der Waals surface area (Å²) in [4.78, 5) is 0.194. The minimum Gasteiger partial charge on any atom is -0.317 e. The highest BCUT2D eigenvalue weighted by atomic mass is 32.2. The van der Waals surface area contributed by atoms with Gasteiger partial charge in [0.1, 0.15) is 0 Å².